The third kappa shape index (κ3) is 4.75. The molecule has 2 aliphatic heterocycles. The maximum atomic E-state index is 14.4. The van der Waals surface area contributed by atoms with Gasteiger partial charge in [0.15, 0.2) is 0 Å². The summed E-state index contributed by atoms with van der Waals surface area (Å²) in [4.78, 5) is 26.9. The molecule has 0 saturated carbocycles. The topological polar surface area (TPSA) is 76.5 Å². The number of carbonyl (C=O) groups is 2. The Labute approximate surface area is 191 Å². The van der Waals surface area contributed by atoms with Gasteiger partial charge in [-0.05, 0) is 63.6 Å². The number of hydrogen-bond acceptors (Lipinski definition) is 4. The van der Waals surface area contributed by atoms with Crippen molar-refractivity contribution in [2.45, 2.75) is 58.7 Å². The van der Waals surface area contributed by atoms with E-state index in [1.807, 2.05) is 25.5 Å². The zero-order valence-electron chi connectivity index (χ0n) is 18.6. The molecule has 7 nitrogen and oxygen atoms in total. The van der Waals surface area contributed by atoms with E-state index in [0.717, 1.165) is 17.7 Å². The molecule has 9 heteroatoms. The van der Waals surface area contributed by atoms with Crippen LogP contribution >= 0.6 is 11.6 Å². The molecule has 1 aromatic heterocycles. The van der Waals surface area contributed by atoms with Crippen molar-refractivity contribution in [2.24, 2.45) is 5.92 Å². The van der Waals surface area contributed by atoms with Gasteiger partial charge >= 0.3 is 6.09 Å². The Morgan fingerprint density at radius 2 is 2.06 bits per heavy atom. The Hall–Kier alpha value is -2.61. The number of ether oxygens (including phenoxy) is 1. The minimum absolute atomic E-state index is 0.156. The molecule has 0 spiro atoms. The molecule has 2 amide bonds. The van der Waals surface area contributed by atoms with Crippen molar-refractivity contribution in [1.82, 2.24) is 20.0 Å². The SMILES string of the molecule is CC(C)(C)OC(=O)NCC1CCn2ncc(C(=O)N3CCc4c(Cl)ccc(F)c4C3)c2C1. The van der Waals surface area contributed by atoms with Gasteiger partial charge in [0.1, 0.15) is 11.4 Å². The summed E-state index contributed by atoms with van der Waals surface area (Å²) in [5, 5.41) is 7.75. The predicted molar refractivity (Wildman–Crippen MR) is 118 cm³/mol. The van der Waals surface area contributed by atoms with Crippen LogP contribution in [0.1, 0.15) is 54.4 Å². The van der Waals surface area contributed by atoms with E-state index in [-0.39, 0.29) is 24.2 Å². The molecule has 0 saturated heterocycles. The molecular formula is C23H28ClFN4O3. The highest BCUT2D eigenvalue weighted by molar-refractivity contribution is 6.31. The molecule has 1 aromatic carbocycles. The fourth-order valence-corrected chi connectivity index (χ4v) is 4.60. The highest BCUT2D eigenvalue weighted by atomic mass is 35.5. The Morgan fingerprint density at radius 1 is 1.28 bits per heavy atom. The van der Waals surface area contributed by atoms with Crippen molar-refractivity contribution < 1.29 is 18.7 Å². The molecule has 3 heterocycles. The van der Waals surface area contributed by atoms with Gasteiger partial charge in [0.05, 0.1) is 17.5 Å². The lowest BCUT2D eigenvalue weighted by molar-refractivity contribution is 0.0515. The first-order chi connectivity index (χ1) is 15.1. The third-order valence-corrected chi connectivity index (χ3v) is 6.28. The lowest BCUT2D eigenvalue weighted by Gasteiger charge is -2.30. The van der Waals surface area contributed by atoms with Gasteiger partial charge in [0.25, 0.3) is 5.91 Å². The second kappa shape index (κ2) is 8.73. The minimum Gasteiger partial charge on any atom is -0.444 e. The van der Waals surface area contributed by atoms with Crippen LogP contribution in [0.15, 0.2) is 18.3 Å². The number of rotatable bonds is 3. The summed E-state index contributed by atoms with van der Waals surface area (Å²) in [7, 11) is 0. The number of benzene rings is 1. The Balaban J connectivity index is 1.44. The van der Waals surface area contributed by atoms with E-state index >= 15 is 0 Å². The second-order valence-corrected chi connectivity index (χ2v) is 9.84. The molecule has 1 atom stereocenters. The molecule has 2 aliphatic rings. The van der Waals surface area contributed by atoms with Crippen LogP contribution in [0.5, 0.6) is 0 Å². The lowest BCUT2D eigenvalue weighted by atomic mass is 9.93. The number of alkyl carbamates (subject to hydrolysis) is 1. The smallest absolute Gasteiger partial charge is 0.407 e. The zero-order chi connectivity index (χ0) is 23.0. The van der Waals surface area contributed by atoms with Crippen LogP contribution < -0.4 is 5.32 Å². The summed E-state index contributed by atoms with van der Waals surface area (Å²) >= 11 is 6.22. The summed E-state index contributed by atoms with van der Waals surface area (Å²) in [5.41, 5.74) is 2.11. The fourth-order valence-electron chi connectivity index (χ4n) is 4.33. The normalized spacial score (nSPS) is 18.0. The standard InChI is InChI=1S/C23H28ClFN4O3/c1-23(2,3)32-22(31)26-11-14-6-9-29-20(10-14)16(12-27-29)21(30)28-8-7-15-17(13-28)19(25)5-4-18(15)24/h4-5,12,14H,6-11,13H2,1-3H3,(H,26,31). The van der Waals surface area contributed by atoms with Crippen molar-refractivity contribution in [3.8, 4) is 0 Å². The number of halogens is 2. The van der Waals surface area contributed by atoms with Gasteiger partial charge in [-0.2, -0.15) is 5.10 Å². The van der Waals surface area contributed by atoms with Crippen LogP contribution in [0.4, 0.5) is 9.18 Å². The summed E-state index contributed by atoms with van der Waals surface area (Å²) in [6.07, 6.45) is 3.15. The van der Waals surface area contributed by atoms with Gasteiger partial charge in [-0.15, -0.1) is 0 Å². The molecular weight excluding hydrogens is 435 g/mol. The molecule has 0 bridgehead atoms. The number of hydrogen-bond donors (Lipinski definition) is 1. The van der Waals surface area contributed by atoms with Gasteiger partial charge in [-0.25, -0.2) is 9.18 Å². The average Bonchev–Trinajstić information content (AvgIpc) is 3.16. The molecule has 0 radical (unpaired) electrons. The maximum Gasteiger partial charge on any atom is 0.407 e. The quantitative estimate of drug-likeness (QED) is 0.749. The van der Waals surface area contributed by atoms with Crippen LogP contribution in [0, 0.1) is 11.7 Å². The van der Waals surface area contributed by atoms with E-state index in [0.29, 0.717) is 48.6 Å². The molecule has 1 unspecified atom stereocenters. The van der Waals surface area contributed by atoms with E-state index in [4.69, 9.17) is 16.3 Å². The number of nitrogens with one attached hydrogen (secondary N) is 1. The number of amides is 2. The maximum absolute atomic E-state index is 14.4. The van der Waals surface area contributed by atoms with E-state index in [2.05, 4.69) is 10.4 Å². The van der Waals surface area contributed by atoms with Crippen molar-refractivity contribution >= 4 is 23.6 Å². The number of nitrogens with zero attached hydrogens (tertiary/aromatic N) is 3. The van der Waals surface area contributed by atoms with Gasteiger partial charge in [-0.3, -0.25) is 9.48 Å². The average molecular weight is 463 g/mol. The van der Waals surface area contributed by atoms with Crippen molar-refractivity contribution in [1.29, 1.82) is 0 Å². The van der Waals surface area contributed by atoms with Crippen LogP contribution in [-0.4, -0.2) is 45.4 Å². The Morgan fingerprint density at radius 3 is 2.81 bits per heavy atom. The van der Waals surface area contributed by atoms with E-state index in [9.17, 15) is 14.0 Å². The van der Waals surface area contributed by atoms with Gasteiger partial charge in [0.2, 0.25) is 0 Å². The third-order valence-electron chi connectivity index (χ3n) is 5.93. The minimum atomic E-state index is -0.550. The monoisotopic (exact) mass is 462 g/mol. The Bertz CT molecular complexity index is 1050. The van der Waals surface area contributed by atoms with Crippen molar-refractivity contribution in [3.63, 3.8) is 0 Å². The first-order valence-electron chi connectivity index (χ1n) is 10.9. The highest BCUT2D eigenvalue weighted by Gasteiger charge is 2.31. The van der Waals surface area contributed by atoms with Gasteiger partial charge in [0, 0.05) is 36.8 Å². The molecule has 1 N–H and O–H groups in total. The first-order valence-corrected chi connectivity index (χ1v) is 11.3. The summed E-state index contributed by atoms with van der Waals surface area (Å²) in [6.45, 7) is 7.27. The number of aryl methyl sites for hydroxylation is 1. The fraction of sp³-hybridized carbons (Fsp3) is 0.522. The van der Waals surface area contributed by atoms with Crippen molar-refractivity contribution in [2.75, 3.05) is 13.1 Å². The lowest BCUT2D eigenvalue weighted by Crippen LogP contribution is -2.38. The molecule has 4 rings (SSSR count). The molecule has 0 fully saturated rings. The summed E-state index contributed by atoms with van der Waals surface area (Å²) < 4.78 is 21.5. The van der Waals surface area contributed by atoms with Gasteiger partial charge in [-0.1, -0.05) is 11.6 Å². The van der Waals surface area contributed by atoms with E-state index < -0.39 is 11.7 Å². The van der Waals surface area contributed by atoms with Gasteiger partial charge < -0.3 is 15.0 Å². The summed E-state index contributed by atoms with van der Waals surface area (Å²) in [6, 6.07) is 2.91. The van der Waals surface area contributed by atoms with Crippen LogP contribution in [0.2, 0.25) is 5.02 Å². The molecule has 32 heavy (non-hydrogen) atoms. The van der Waals surface area contributed by atoms with E-state index in [1.165, 1.54) is 6.07 Å². The van der Waals surface area contributed by atoms with Crippen molar-refractivity contribution in [3.05, 3.63) is 51.6 Å². The Kier molecular flexibility index (Phi) is 6.16. The molecule has 2 aromatic rings. The predicted octanol–water partition coefficient (Wildman–Crippen LogP) is 3.96. The first kappa shape index (κ1) is 22.6. The van der Waals surface area contributed by atoms with Crippen LogP contribution in [0.3, 0.4) is 0 Å². The highest BCUT2D eigenvalue weighted by Crippen LogP contribution is 2.30. The molecule has 172 valence electrons. The number of aromatic nitrogens is 2. The molecule has 0 aliphatic carbocycles. The van der Waals surface area contributed by atoms with Crippen LogP contribution in [-0.2, 0) is 30.7 Å². The second-order valence-electron chi connectivity index (χ2n) is 9.43. The van der Waals surface area contributed by atoms with Crippen LogP contribution in [0.25, 0.3) is 0 Å². The number of carbonyl (C=O) groups excluding carboxylic acids is 2. The largest absolute Gasteiger partial charge is 0.444 e. The zero-order valence-corrected chi connectivity index (χ0v) is 19.3. The van der Waals surface area contributed by atoms with E-state index in [1.54, 1.807) is 17.2 Å². The summed E-state index contributed by atoms with van der Waals surface area (Å²) in [5.74, 6) is -0.319. The number of fused-ring (bicyclic) bond motifs is 2.